The fourth-order valence-corrected chi connectivity index (χ4v) is 3.33. The number of halogens is 2. The normalized spacial score (nSPS) is 14.3. The summed E-state index contributed by atoms with van der Waals surface area (Å²) in [4.78, 5) is 14.3. The summed E-state index contributed by atoms with van der Waals surface area (Å²) >= 11 is 0. The summed E-state index contributed by atoms with van der Waals surface area (Å²) in [5.74, 6) is -1.76. The molecule has 1 aliphatic rings. The minimum atomic E-state index is -0.706. The van der Waals surface area contributed by atoms with Crippen molar-refractivity contribution >= 4 is 5.91 Å². The quantitative estimate of drug-likeness (QED) is 0.750. The van der Waals surface area contributed by atoms with Crippen LogP contribution in [0.3, 0.4) is 0 Å². The average Bonchev–Trinajstić information content (AvgIpc) is 3.18. The molecule has 4 rings (SSSR count). The zero-order chi connectivity index (χ0) is 19.7. The molecule has 8 heteroatoms. The van der Waals surface area contributed by atoms with Crippen molar-refractivity contribution in [1.82, 2.24) is 19.9 Å². The molecule has 28 heavy (non-hydrogen) atoms. The number of benzene rings is 2. The van der Waals surface area contributed by atoms with Crippen molar-refractivity contribution in [3.63, 3.8) is 0 Å². The Labute approximate surface area is 160 Å². The predicted octanol–water partition coefficient (Wildman–Crippen LogP) is 3.54. The van der Waals surface area contributed by atoms with Gasteiger partial charge in [0.2, 0.25) is 0 Å². The zero-order valence-electron chi connectivity index (χ0n) is 15.0. The van der Waals surface area contributed by atoms with Gasteiger partial charge in [0, 0.05) is 30.8 Å². The second kappa shape index (κ2) is 7.38. The maximum Gasteiger partial charge on any atom is 0.257 e. The Balaban J connectivity index is 1.59. The van der Waals surface area contributed by atoms with Crippen molar-refractivity contribution in [2.45, 2.75) is 19.3 Å². The van der Waals surface area contributed by atoms with Crippen molar-refractivity contribution in [2.75, 3.05) is 13.1 Å². The molecule has 2 aromatic carbocycles. The predicted molar refractivity (Wildman–Crippen MR) is 98.1 cm³/mol. The molecule has 0 radical (unpaired) electrons. The monoisotopic (exact) mass is 384 g/mol. The molecule has 0 saturated carbocycles. The van der Waals surface area contributed by atoms with Crippen molar-refractivity contribution in [3.05, 3.63) is 59.8 Å². The van der Waals surface area contributed by atoms with Gasteiger partial charge in [-0.3, -0.25) is 4.79 Å². The average molecular weight is 384 g/mol. The Morgan fingerprint density at radius 3 is 2.39 bits per heavy atom. The first-order valence-electron chi connectivity index (χ1n) is 9.03. The smallest absolute Gasteiger partial charge is 0.257 e. The second-order valence-corrected chi connectivity index (χ2v) is 6.76. The van der Waals surface area contributed by atoms with Gasteiger partial charge in [0.1, 0.15) is 23.1 Å². The molecule has 1 N–H and O–H groups in total. The molecular weight excluding hydrogens is 366 g/mol. The van der Waals surface area contributed by atoms with Crippen LogP contribution in [0.1, 0.15) is 29.6 Å². The number of rotatable bonds is 3. The standard InChI is InChI=1S/C20H18F2N4O2/c21-14-8-13(9-15(22)10-14)18-12-26(24-23-18)16-4-5-17(19(27)11-16)20(28)25-6-2-1-3-7-25/h4-5,8-12,27H,1-3,6-7H2. The maximum absolute atomic E-state index is 13.4. The van der Waals surface area contributed by atoms with Crippen LogP contribution in [-0.4, -0.2) is 44.0 Å². The van der Waals surface area contributed by atoms with Crippen LogP contribution in [0.25, 0.3) is 16.9 Å². The zero-order valence-corrected chi connectivity index (χ0v) is 15.0. The van der Waals surface area contributed by atoms with E-state index in [1.807, 2.05) is 0 Å². The van der Waals surface area contributed by atoms with E-state index in [9.17, 15) is 18.7 Å². The summed E-state index contributed by atoms with van der Waals surface area (Å²) in [5, 5.41) is 18.2. The first-order chi connectivity index (χ1) is 13.5. The van der Waals surface area contributed by atoms with E-state index in [1.165, 1.54) is 16.9 Å². The van der Waals surface area contributed by atoms with Gasteiger partial charge in [0.15, 0.2) is 0 Å². The van der Waals surface area contributed by atoms with Gasteiger partial charge in [0.05, 0.1) is 17.4 Å². The number of amides is 1. The number of carbonyl (C=O) groups excluding carboxylic acids is 1. The van der Waals surface area contributed by atoms with Gasteiger partial charge >= 0.3 is 0 Å². The third-order valence-corrected chi connectivity index (χ3v) is 4.77. The van der Waals surface area contributed by atoms with E-state index in [0.29, 0.717) is 18.8 Å². The molecule has 2 heterocycles. The van der Waals surface area contributed by atoms with E-state index in [1.54, 1.807) is 17.0 Å². The van der Waals surface area contributed by atoms with Gasteiger partial charge in [-0.15, -0.1) is 5.10 Å². The summed E-state index contributed by atoms with van der Waals surface area (Å²) < 4.78 is 28.2. The third-order valence-electron chi connectivity index (χ3n) is 4.77. The summed E-state index contributed by atoms with van der Waals surface area (Å²) in [5.41, 5.74) is 1.25. The maximum atomic E-state index is 13.4. The van der Waals surface area contributed by atoms with Crippen LogP contribution in [-0.2, 0) is 0 Å². The molecule has 0 aliphatic carbocycles. The number of hydrogen-bond acceptors (Lipinski definition) is 4. The number of aromatic nitrogens is 3. The molecule has 1 aromatic heterocycles. The summed E-state index contributed by atoms with van der Waals surface area (Å²) in [6.45, 7) is 1.38. The molecule has 3 aromatic rings. The van der Waals surface area contributed by atoms with Crippen molar-refractivity contribution in [2.24, 2.45) is 0 Å². The molecule has 1 fully saturated rings. The topological polar surface area (TPSA) is 71.2 Å². The van der Waals surface area contributed by atoms with E-state index in [2.05, 4.69) is 10.3 Å². The molecule has 1 aliphatic heterocycles. The lowest BCUT2D eigenvalue weighted by molar-refractivity contribution is 0.0721. The van der Waals surface area contributed by atoms with Gasteiger partial charge in [-0.2, -0.15) is 0 Å². The Kier molecular flexibility index (Phi) is 4.77. The first-order valence-corrected chi connectivity index (χ1v) is 9.03. The number of phenols is 1. The number of likely N-dealkylation sites (tertiary alicyclic amines) is 1. The Bertz CT molecular complexity index is 1010. The Morgan fingerprint density at radius 1 is 1.00 bits per heavy atom. The molecule has 0 spiro atoms. The Hall–Kier alpha value is -3.29. The van der Waals surface area contributed by atoms with Crippen LogP contribution >= 0.6 is 0 Å². The third kappa shape index (κ3) is 3.58. The van der Waals surface area contributed by atoms with Crippen LogP contribution < -0.4 is 0 Å². The van der Waals surface area contributed by atoms with Gasteiger partial charge in [0.25, 0.3) is 5.91 Å². The van der Waals surface area contributed by atoms with Crippen LogP contribution in [0, 0.1) is 11.6 Å². The number of piperidine rings is 1. The van der Waals surface area contributed by atoms with E-state index in [4.69, 9.17) is 0 Å². The number of phenolic OH excluding ortho intramolecular Hbond substituents is 1. The highest BCUT2D eigenvalue weighted by molar-refractivity contribution is 5.97. The molecule has 0 atom stereocenters. The minimum absolute atomic E-state index is 0.151. The highest BCUT2D eigenvalue weighted by Gasteiger charge is 2.21. The molecule has 6 nitrogen and oxygen atoms in total. The van der Waals surface area contributed by atoms with E-state index in [0.717, 1.165) is 37.5 Å². The SMILES string of the molecule is O=C(c1ccc(-n2cc(-c3cc(F)cc(F)c3)nn2)cc1O)N1CCCCC1. The Morgan fingerprint density at radius 2 is 1.71 bits per heavy atom. The molecule has 0 unspecified atom stereocenters. The molecule has 0 bridgehead atoms. The summed E-state index contributed by atoms with van der Waals surface area (Å²) in [7, 11) is 0. The first kappa shape index (κ1) is 18.1. The fraction of sp³-hybridized carbons (Fsp3) is 0.250. The van der Waals surface area contributed by atoms with Crippen LogP contribution in [0.2, 0.25) is 0 Å². The van der Waals surface area contributed by atoms with Gasteiger partial charge in [-0.05, 0) is 43.5 Å². The number of carbonyl (C=O) groups is 1. The van der Waals surface area contributed by atoms with Crippen LogP contribution in [0.15, 0.2) is 42.6 Å². The molecule has 1 saturated heterocycles. The molecule has 144 valence electrons. The molecular formula is C20H18F2N4O2. The fourth-order valence-electron chi connectivity index (χ4n) is 3.33. The van der Waals surface area contributed by atoms with Crippen molar-refractivity contribution in [1.29, 1.82) is 0 Å². The highest BCUT2D eigenvalue weighted by atomic mass is 19.1. The second-order valence-electron chi connectivity index (χ2n) is 6.76. The summed E-state index contributed by atoms with van der Waals surface area (Å²) in [6, 6.07) is 7.71. The molecule has 1 amide bonds. The van der Waals surface area contributed by atoms with E-state index < -0.39 is 11.6 Å². The number of aromatic hydroxyl groups is 1. The minimum Gasteiger partial charge on any atom is -0.507 e. The summed E-state index contributed by atoms with van der Waals surface area (Å²) in [6.07, 6.45) is 4.54. The highest BCUT2D eigenvalue weighted by Crippen LogP contribution is 2.25. The van der Waals surface area contributed by atoms with Gasteiger partial charge in [-0.25, -0.2) is 13.5 Å². The van der Waals surface area contributed by atoms with Crippen molar-refractivity contribution < 1.29 is 18.7 Å². The lowest BCUT2D eigenvalue weighted by Gasteiger charge is -2.27. The van der Waals surface area contributed by atoms with E-state index in [-0.39, 0.29) is 28.5 Å². The van der Waals surface area contributed by atoms with Crippen LogP contribution in [0.5, 0.6) is 5.75 Å². The lowest BCUT2D eigenvalue weighted by Crippen LogP contribution is -2.35. The largest absolute Gasteiger partial charge is 0.507 e. The lowest BCUT2D eigenvalue weighted by atomic mass is 10.1. The van der Waals surface area contributed by atoms with Crippen molar-refractivity contribution in [3.8, 4) is 22.7 Å². The van der Waals surface area contributed by atoms with Crippen LogP contribution in [0.4, 0.5) is 8.78 Å². The van der Waals surface area contributed by atoms with Gasteiger partial charge < -0.3 is 10.0 Å². The van der Waals surface area contributed by atoms with E-state index >= 15 is 0 Å². The number of nitrogens with zero attached hydrogens (tertiary/aromatic N) is 4. The number of hydrogen-bond donors (Lipinski definition) is 1. The van der Waals surface area contributed by atoms with Gasteiger partial charge in [-0.1, -0.05) is 5.21 Å².